The number of amides is 2. The number of likely N-dealkylation sites (N-methyl/N-ethyl adjacent to an activating group) is 1. The summed E-state index contributed by atoms with van der Waals surface area (Å²) in [6.07, 6.45) is 0. The van der Waals surface area contributed by atoms with Gasteiger partial charge in [-0.1, -0.05) is 6.07 Å². The van der Waals surface area contributed by atoms with Gasteiger partial charge in [0, 0.05) is 12.2 Å². The Bertz CT molecular complexity index is 717. The van der Waals surface area contributed by atoms with Crippen molar-refractivity contribution in [1.82, 2.24) is 10.2 Å². The maximum Gasteiger partial charge on any atom is 0.313 e. The minimum absolute atomic E-state index is 0.0233. The van der Waals surface area contributed by atoms with Crippen molar-refractivity contribution < 1.29 is 14.0 Å². The second kappa shape index (κ2) is 8.03. The molecule has 2 aromatic rings. The van der Waals surface area contributed by atoms with Crippen molar-refractivity contribution in [2.24, 2.45) is 0 Å². The van der Waals surface area contributed by atoms with E-state index in [1.165, 1.54) is 6.07 Å². The zero-order valence-corrected chi connectivity index (χ0v) is 14.6. The maximum atomic E-state index is 13.5. The number of carbonyl (C=O) groups excluding carboxylic acids is 2. The van der Waals surface area contributed by atoms with E-state index >= 15 is 0 Å². The number of thiophene rings is 1. The molecule has 0 aliphatic heterocycles. The Morgan fingerprint density at radius 1 is 1.25 bits per heavy atom. The van der Waals surface area contributed by atoms with Gasteiger partial charge in [0.2, 0.25) is 0 Å². The van der Waals surface area contributed by atoms with Crippen LogP contribution < -0.4 is 10.6 Å². The van der Waals surface area contributed by atoms with Crippen LogP contribution in [0.3, 0.4) is 0 Å². The van der Waals surface area contributed by atoms with Crippen LogP contribution >= 0.6 is 11.3 Å². The number of nitrogens with one attached hydrogen (secondary N) is 2. The average Bonchev–Trinajstić information content (AvgIpc) is 3.04. The minimum atomic E-state index is -0.818. The molecule has 5 nitrogen and oxygen atoms in total. The molecule has 24 heavy (non-hydrogen) atoms. The summed E-state index contributed by atoms with van der Waals surface area (Å²) in [6.45, 7) is 1.93. The number of rotatable bonds is 5. The topological polar surface area (TPSA) is 61.4 Å². The fourth-order valence-electron chi connectivity index (χ4n) is 2.19. The van der Waals surface area contributed by atoms with E-state index in [2.05, 4.69) is 10.6 Å². The standard InChI is InChI=1S/C17H20FN3O2S/c1-11-4-5-13(8-14(11)18)20-17(23)16(22)19-9-15(21(2)3)12-6-7-24-10-12/h4-8,10,15H,9H2,1-3H3,(H,19,22)(H,20,23)/t15-/m1/s1. The molecule has 0 unspecified atom stereocenters. The molecule has 0 saturated heterocycles. The van der Waals surface area contributed by atoms with Crippen LogP contribution in [0.25, 0.3) is 0 Å². The number of aryl methyl sites for hydroxylation is 1. The highest BCUT2D eigenvalue weighted by Gasteiger charge is 2.19. The van der Waals surface area contributed by atoms with Crippen LogP contribution in [-0.2, 0) is 9.59 Å². The van der Waals surface area contributed by atoms with Gasteiger partial charge in [0.25, 0.3) is 0 Å². The Balaban J connectivity index is 1.93. The largest absolute Gasteiger partial charge is 0.346 e. The highest BCUT2D eigenvalue weighted by Crippen LogP contribution is 2.20. The number of carbonyl (C=O) groups is 2. The van der Waals surface area contributed by atoms with Gasteiger partial charge in [-0.15, -0.1) is 0 Å². The van der Waals surface area contributed by atoms with E-state index in [1.54, 1.807) is 30.4 Å². The summed E-state index contributed by atoms with van der Waals surface area (Å²) in [5.41, 5.74) is 1.80. The van der Waals surface area contributed by atoms with Crippen molar-refractivity contribution in [2.75, 3.05) is 26.0 Å². The predicted molar refractivity (Wildman–Crippen MR) is 93.5 cm³/mol. The van der Waals surface area contributed by atoms with Gasteiger partial charge in [0.05, 0.1) is 6.04 Å². The van der Waals surface area contributed by atoms with Gasteiger partial charge >= 0.3 is 11.8 Å². The van der Waals surface area contributed by atoms with Gasteiger partial charge < -0.3 is 15.5 Å². The van der Waals surface area contributed by atoms with E-state index in [4.69, 9.17) is 0 Å². The van der Waals surface area contributed by atoms with Gasteiger partial charge in [0.1, 0.15) is 5.82 Å². The molecule has 0 radical (unpaired) electrons. The first-order chi connectivity index (χ1) is 11.4. The number of benzene rings is 1. The number of hydrogen-bond acceptors (Lipinski definition) is 4. The molecule has 2 rings (SSSR count). The normalized spacial score (nSPS) is 12.0. The second-order valence-corrected chi connectivity index (χ2v) is 6.44. The van der Waals surface area contributed by atoms with Crippen molar-refractivity contribution in [2.45, 2.75) is 13.0 Å². The Hall–Kier alpha value is -2.25. The zero-order valence-electron chi connectivity index (χ0n) is 13.8. The van der Waals surface area contributed by atoms with E-state index in [-0.39, 0.29) is 11.7 Å². The third-order valence-electron chi connectivity index (χ3n) is 3.64. The van der Waals surface area contributed by atoms with Gasteiger partial charge in [-0.2, -0.15) is 11.3 Å². The Morgan fingerprint density at radius 2 is 2.00 bits per heavy atom. The van der Waals surface area contributed by atoms with Crippen LogP contribution in [0.4, 0.5) is 10.1 Å². The smallest absolute Gasteiger partial charge is 0.313 e. The summed E-state index contributed by atoms with van der Waals surface area (Å²) in [7, 11) is 3.81. The monoisotopic (exact) mass is 349 g/mol. The molecule has 7 heteroatoms. The predicted octanol–water partition coefficient (Wildman–Crippen LogP) is 2.55. The molecule has 128 valence electrons. The molecule has 1 heterocycles. The number of anilines is 1. The highest BCUT2D eigenvalue weighted by molar-refractivity contribution is 7.07. The minimum Gasteiger partial charge on any atom is -0.346 e. The lowest BCUT2D eigenvalue weighted by atomic mass is 10.1. The highest BCUT2D eigenvalue weighted by atomic mass is 32.1. The molecular formula is C17H20FN3O2S. The molecule has 1 aromatic heterocycles. The molecule has 2 N–H and O–H groups in total. The van der Waals surface area contributed by atoms with Crippen LogP contribution in [0.1, 0.15) is 17.2 Å². The van der Waals surface area contributed by atoms with E-state index < -0.39 is 17.6 Å². The van der Waals surface area contributed by atoms with Crippen molar-refractivity contribution >= 4 is 28.8 Å². The van der Waals surface area contributed by atoms with Gasteiger partial charge in [-0.25, -0.2) is 4.39 Å². The SMILES string of the molecule is Cc1ccc(NC(=O)C(=O)NC[C@H](c2ccsc2)N(C)C)cc1F. The van der Waals surface area contributed by atoms with Gasteiger partial charge in [0.15, 0.2) is 0 Å². The van der Waals surface area contributed by atoms with Gasteiger partial charge in [-0.05, 0) is 61.1 Å². The van der Waals surface area contributed by atoms with E-state index in [0.717, 1.165) is 5.56 Å². The summed E-state index contributed by atoms with van der Waals surface area (Å²) in [5, 5.41) is 8.98. The first-order valence-electron chi connectivity index (χ1n) is 7.42. The molecule has 0 aliphatic carbocycles. The maximum absolute atomic E-state index is 13.5. The molecule has 0 spiro atoms. The third-order valence-corrected chi connectivity index (χ3v) is 4.34. The van der Waals surface area contributed by atoms with Crippen LogP contribution in [0.15, 0.2) is 35.0 Å². The number of halogens is 1. The average molecular weight is 349 g/mol. The van der Waals surface area contributed by atoms with E-state index in [0.29, 0.717) is 12.1 Å². The van der Waals surface area contributed by atoms with Crippen molar-refractivity contribution in [3.05, 3.63) is 52.0 Å². The summed E-state index contributed by atoms with van der Waals surface area (Å²) in [4.78, 5) is 25.9. The second-order valence-electron chi connectivity index (χ2n) is 5.66. The molecule has 1 atom stereocenters. The zero-order chi connectivity index (χ0) is 17.7. The molecular weight excluding hydrogens is 329 g/mol. The molecule has 0 fully saturated rings. The summed E-state index contributed by atoms with van der Waals surface area (Å²) < 4.78 is 13.5. The summed E-state index contributed by atoms with van der Waals surface area (Å²) >= 11 is 1.58. The van der Waals surface area contributed by atoms with Crippen LogP contribution in [-0.4, -0.2) is 37.4 Å². The molecule has 0 aliphatic rings. The lowest BCUT2D eigenvalue weighted by molar-refractivity contribution is -0.136. The molecule has 0 saturated carbocycles. The van der Waals surface area contributed by atoms with Crippen LogP contribution in [0, 0.1) is 12.7 Å². The fraction of sp³-hybridized carbons (Fsp3) is 0.294. The summed E-state index contributed by atoms with van der Waals surface area (Å²) in [5.74, 6) is -2.00. The van der Waals surface area contributed by atoms with E-state index in [9.17, 15) is 14.0 Å². The van der Waals surface area contributed by atoms with Gasteiger partial charge in [-0.3, -0.25) is 9.59 Å². The summed E-state index contributed by atoms with van der Waals surface area (Å²) in [6, 6.07) is 6.24. The first kappa shape index (κ1) is 18.1. The Labute approximate surface area is 144 Å². The first-order valence-corrected chi connectivity index (χ1v) is 8.36. The number of hydrogen-bond donors (Lipinski definition) is 2. The lowest BCUT2D eigenvalue weighted by Crippen LogP contribution is -2.40. The molecule has 1 aromatic carbocycles. The number of nitrogens with zero attached hydrogens (tertiary/aromatic N) is 1. The van der Waals surface area contributed by atoms with Crippen molar-refractivity contribution in [3.8, 4) is 0 Å². The Kier molecular flexibility index (Phi) is 6.05. The van der Waals surface area contributed by atoms with E-state index in [1.807, 2.05) is 35.8 Å². The molecule has 0 bridgehead atoms. The molecule has 2 amide bonds. The van der Waals surface area contributed by atoms with Crippen molar-refractivity contribution in [1.29, 1.82) is 0 Å². The van der Waals surface area contributed by atoms with Crippen LogP contribution in [0.5, 0.6) is 0 Å². The lowest BCUT2D eigenvalue weighted by Gasteiger charge is -2.23. The quantitative estimate of drug-likeness (QED) is 0.816. The third kappa shape index (κ3) is 4.62. The Morgan fingerprint density at radius 3 is 2.58 bits per heavy atom. The fourth-order valence-corrected chi connectivity index (χ4v) is 2.90. The van der Waals surface area contributed by atoms with Crippen molar-refractivity contribution in [3.63, 3.8) is 0 Å². The van der Waals surface area contributed by atoms with Crippen LogP contribution in [0.2, 0.25) is 0 Å².